The molecule has 8 heteroatoms. The van der Waals surface area contributed by atoms with E-state index >= 15 is 0 Å². The Balaban J connectivity index is 1.53. The Kier molecular flexibility index (Phi) is 7.02. The van der Waals surface area contributed by atoms with Crippen molar-refractivity contribution in [3.05, 3.63) is 52.5 Å². The van der Waals surface area contributed by atoms with Gasteiger partial charge in [-0.1, -0.05) is 43.2 Å². The van der Waals surface area contributed by atoms with Crippen molar-refractivity contribution < 1.29 is 9.59 Å². The number of benzene rings is 1. The molecule has 2 aromatic rings. The van der Waals surface area contributed by atoms with Crippen LogP contribution < -0.4 is 5.32 Å². The molecular weight excluding hydrogens is 434 g/mol. The van der Waals surface area contributed by atoms with E-state index in [0.29, 0.717) is 10.9 Å². The average molecular weight is 466 g/mol. The van der Waals surface area contributed by atoms with Crippen LogP contribution in [-0.2, 0) is 16.6 Å². The highest BCUT2D eigenvalue weighted by Gasteiger charge is 2.36. The lowest BCUT2D eigenvalue weighted by Crippen LogP contribution is -2.41. The summed E-state index contributed by atoms with van der Waals surface area (Å²) >= 11 is 1.33. The molecule has 1 aromatic heterocycles. The predicted octanol–water partition coefficient (Wildman–Crippen LogP) is 4.59. The van der Waals surface area contributed by atoms with Gasteiger partial charge in [0.25, 0.3) is 5.91 Å². The van der Waals surface area contributed by atoms with E-state index in [1.165, 1.54) is 18.2 Å². The maximum absolute atomic E-state index is 13.4. The van der Waals surface area contributed by atoms with Crippen LogP contribution in [-0.4, -0.2) is 43.5 Å². The molecule has 1 aromatic carbocycles. The molecule has 2 heterocycles. The van der Waals surface area contributed by atoms with Crippen molar-refractivity contribution in [3.63, 3.8) is 0 Å². The number of amides is 2. The Morgan fingerprint density at radius 2 is 1.97 bits per heavy atom. The summed E-state index contributed by atoms with van der Waals surface area (Å²) in [4.78, 5) is 32.6. The minimum atomic E-state index is -0.104. The minimum Gasteiger partial charge on any atom is -0.325 e. The fourth-order valence-corrected chi connectivity index (χ4v) is 5.23. The largest absolute Gasteiger partial charge is 0.325 e. The zero-order valence-corrected chi connectivity index (χ0v) is 20.5. The molecule has 1 N–H and O–H groups in total. The standard InChI is InChI=1S/C25H31N5O2S/c1-16-10-11-17(2)21(12-16)26-23(31)15-33-25-27-22(13-19-14-29(4)28-18(19)3)24(32)30(25)20-8-6-5-7-9-20/h10-14,20H,5-9,15H2,1-4H3,(H,26,31). The molecule has 0 bridgehead atoms. The summed E-state index contributed by atoms with van der Waals surface area (Å²) in [6.07, 6.45) is 9.07. The number of anilines is 1. The van der Waals surface area contributed by atoms with Crippen LogP contribution >= 0.6 is 11.8 Å². The molecule has 1 aliphatic carbocycles. The van der Waals surface area contributed by atoms with Crippen molar-refractivity contribution in [2.75, 3.05) is 11.1 Å². The van der Waals surface area contributed by atoms with Gasteiger partial charge in [-0.15, -0.1) is 0 Å². The van der Waals surface area contributed by atoms with Crippen LogP contribution in [0.3, 0.4) is 0 Å². The minimum absolute atomic E-state index is 0.0809. The number of carbonyl (C=O) groups is 2. The summed E-state index contributed by atoms with van der Waals surface area (Å²) in [7, 11) is 1.86. The third kappa shape index (κ3) is 5.38. The number of hydrogen-bond donors (Lipinski definition) is 1. The van der Waals surface area contributed by atoms with E-state index in [4.69, 9.17) is 0 Å². The lowest BCUT2D eigenvalue weighted by molar-refractivity contribution is -0.124. The van der Waals surface area contributed by atoms with Crippen LogP contribution in [0.4, 0.5) is 5.69 Å². The second-order valence-electron chi connectivity index (χ2n) is 8.89. The lowest BCUT2D eigenvalue weighted by atomic mass is 9.94. The van der Waals surface area contributed by atoms with E-state index in [0.717, 1.165) is 53.8 Å². The summed E-state index contributed by atoms with van der Waals surface area (Å²) in [5.41, 5.74) is 5.08. The van der Waals surface area contributed by atoms with Gasteiger partial charge in [0.1, 0.15) is 5.70 Å². The molecule has 0 spiro atoms. The number of amidine groups is 1. The van der Waals surface area contributed by atoms with E-state index < -0.39 is 0 Å². The number of aliphatic imine (C=N–C) groups is 1. The van der Waals surface area contributed by atoms with Gasteiger partial charge in [0.15, 0.2) is 5.17 Å². The third-order valence-corrected chi connectivity index (χ3v) is 7.10. The molecule has 0 radical (unpaired) electrons. The van der Waals surface area contributed by atoms with Crippen LogP contribution in [0.25, 0.3) is 6.08 Å². The quantitative estimate of drug-likeness (QED) is 0.655. The zero-order valence-electron chi connectivity index (χ0n) is 19.7. The summed E-state index contributed by atoms with van der Waals surface area (Å²) in [5, 5.41) is 7.98. The van der Waals surface area contributed by atoms with Crippen molar-refractivity contribution >= 4 is 40.5 Å². The Morgan fingerprint density at radius 1 is 1.21 bits per heavy atom. The monoisotopic (exact) mass is 465 g/mol. The summed E-state index contributed by atoms with van der Waals surface area (Å²) in [6.45, 7) is 5.90. The maximum atomic E-state index is 13.4. The smallest absolute Gasteiger partial charge is 0.278 e. The summed E-state index contributed by atoms with van der Waals surface area (Å²) in [5.74, 6) is 0.0117. The molecule has 33 heavy (non-hydrogen) atoms. The number of thioether (sulfide) groups is 1. The molecule has 0 atom stereocenters. The number of nitrogens with zero attached hydrogens (tertiary/aromatic N) is 4. The molecule has 0 unspecified atom stereocenters. The molecule has 0 saturated heterocycles. The van der Waals surface area contributed by atoms with Gasteiger partial charge >= 0.3 is 0 Å². The van der Waals surface area contributed by atoms with E-state index in [-0.39, 0.29) is 23.6 Å². The number of nitrogens with one attached hydrogen (secondary N) is 1. The molecule has 2 amide bonds. The molecule has 2 aliphatic rings. The fourth-order valence-electron chi connectivity index (χ4n) is 4.37. The Morgan fingerprint density at radius 3 is 2.67 bits per heavy atom. The SMILES string of the molecule is Cc1ccc(C)c(NC(=O)CSC2=NC(=Cc3cn(C)nc3C)C(=O)N2C2CCCCC2)c1. The van der Waals surface area contributed by atoms with E-state index in [9.17, 15) is 9.59 Å². The number of carbonyl (C=O) groups excluding carboxylic acids is 2. The number of hydrogen-bond acceptors (Lipinski definition) is 5. The average Bonchev–Trinajstić information content (AvgIpc) is 3.27. The number of rotatable bonds is 5. The predicted molar refractivity (Wildman–Crippen MR) is 134 cm³/mol. The molecule has 4 rings (SSSR count). The molecular formula is C25H31N5O2S. The zero-order chi connectivity index (χ0) is 23.5. The summed E-state index contributed by atoms with van der Waals surface area (Å²) in [6, 6.07) is 6.14. The molecule has 174 valence electrons. The van der Waals surface area contributed by atoms with Crippen LogP contribution in [0.15, 0.2) is 35.1 Å². The first kappa shape index (κ1) is 23.3. The first-order valence-corrected chi connectivity index (χ1v) is 12.4. The normalized spacial score (nSPS) is 18.2. The van der Waals surface area contributed by atoms with Crippen LogP contribution in [0, 0.1) is 20.8 Å². The molecule has 1 fully saturated rings. The van der Waals surface area contributed by atoms with Crippen molar-refractivity contribution in [1.82, 2.24) is 14.7 Å². The van der Waals surface area contributed by atoms with Gasteiger partial charge in [-0.05, 0) is 56.9 Å². The van der Waals surface area contributed by atoms with Crippen LogP contribution in [0.1, 0.15) is 54.5 Å². The van der Waals surface area contributed by atoms with Gasteiger partial charge < -0.3 is 5.32 Å². The second-order valence-corrected chi connectivity index (χ2v) is 9.83. The molecule has 1 aliphatic heterocycles. The molecule has 7 nitrogen and oxygen atoms in total. The van der Waals surface area contributed by atoms with Gasteiger partial charge in [0.05, 0.1) is 11.4 Å². The Labute approximate surface area is 199 Å². The van der Waals surface area contributed by atoms with Gasteiger partial charge in [0.2, 0.25) is 5.91 Å². The second kappa shape index (κ2) is 9.95. The van der Waals surface area contributed by atoms with Crippen molar-refractivity contribution in [3.8, 4) is 0 Å². The highest BCUT2D eigenvalue weighted by Crippen LogP contribution is 2.32. The van der Waals surface area contributed by atoms with E-state index in [1.807, 2.05) is 63.2 Å². The van der Waals surface area contributed by atoms with Crippen LogP contribution in [0.5, 0.6) is 0 Å². The fraction of sp³-hybridized carbons (Fsp3) is 0.440. The van der Waals surface area contributed by atoms with E-state index in [2.05, 4.69) is 15.4 Å². The van der Waals surface area contributed by atoms with Gasteiger partial charge in [-0.2, -0.15) is 5.10 Å². The first-order valence-electron chi connectivity index (χ1n) is 11.5. The third-order valence-electron chi connectivity index (χ3n) is 6.14. The topological polar surface area (TPSA) is 79.6 Å². The number of aryl methyl sites for hydroxylation is 4. The first-order chi connectivity index (χ1) is 15.8. The Hall–Kier alpha value is -2.87. The number of aromatic nitrogens is 2. The van der Waals surface area contributed by atoms with Crippen LogP contribution in [0.2, 0.25) is 0 Å². The van der Waals surface area contributed by atoms with Gasteiger partial charge in [-0.25, -0.2) is 4.99 Å². The van der Waals surface area contributed by atoms with Crippen molar-refractivity contribution in [2.45, 2.75) is 58.9 Å². The van der Waals surface area contributed by atoms with Crippen molar-refractivity contribution in [1.29, 1.82) is 0 Å². The van der Waals surface area contributed by atoms with Gasteiger partial charge in [-0.3, -0.25) is 19.2 Å². The maximum Gasteiger partial charge on any atom is 0.278 e. The lowest BCUT2D eigenvalue weighted by Gasteiger charge is -2.31. The molecule has 1 saturated carbocycles. The van der Waals surface area contributed by atoms with Gasteiger partial charge in [0, 0.05) is 30.5 Å². The Bertz CT molecular complexity index is 1130. The van der Waals surface area contributed by atoms with Crippen molar-refractivity contribution in [2.24, 2.45) is 12.0 Å². The highest BCUT2D eigenvalue weighted by molar-refractivity contribution is 8.14. The summed E-state index contributed by atoms with van der Waals surface area (Å²) < 4.78 is 1.73. The highest BCUT2D eigenvalue weighted by atomic mass is 32.2. The van der Waals surface area contributed by atoms with E-state index in [1.54, 1.807) is 4.68 Å².